The van der Waals surface area contributed by atoms with Gasteiger partial charge in [0.25, 0.3) is 0 Å². The molecule has 2 nitrogen and oxygen atoms in total. The van der Waals surface area contributed by atoms with Crippen molar-refractivity contribution in [2.45, 2.75) is 20.0 Å². The third-order valence-corrected chi connectivity index (χ3v) is 3.82. The quantitative estimate of drug-likeness (QED) is 0.635. The van der Waals surface area contributed by atoms with E-state index in [0.717, 1.165) is 28.0 Å². The van der Waals surface area contributed by atoms with Crippen molar-refractivity contribution in [2.24, 2.45) is 0 Å². The molecule has 0 aromatic heterocycles. The summed E-state index contributed by atoms with van der Waals surface area (Å²) in [7, 11) is 0. The summed E-state index contributed by atoms with van der Waals surface area (Å²) in [5, 5.41) is 0. The van der Waals surface area contributed by atoms with Crippen molar-refractivity contribution in [3.8, 4) is 16.9 Å². The normalized spacial score (nSPS) is 10.4. The maximum absolute atomic E-state index is 11.2. The summed E-state index contributed by atoms with van der Waals surface area (Å²) in [5.74, 6) is 1.03. The molecule has 3 rings (SSSR count). The lowest BCUT2D eigenvalue weighted by atomic mass is 10.0. The highest BCUT2D eigenvalue weighted by Gasteiger charge is 2.02. The van der Waals surface area contributed by atoms with Gasteiger partial charge in [0.05, 0.1) is 0 Å². The Hall–Kier alpha value is -2.87. The molecule has 24 heavy (non-hydrogen) atoms. The summed E-state index contributed by atoms with van der Waals surface area (Å²) in [4.78, 5) is 11.2. The molecule has 0 saturated carbocycles. The fourth-order valence-electron chi connectivity index (χ4n) is 2.61. The van der Waals surface area contributed by atoms with Crippen LogP contribution in [0.4, 0.5) is 0 Å². The van der Waals surface area contributed by atoms with Gasteiger partial charge in [0, 0.05) is 6.42 Å². The first-order valence-electron chi connectivity index (χ1n) is 8.06. The first-order valence-corrected chi connectivity index (χ1v) is 8.06. The van der Waals surface area contributed by atoms with Crippen molar-refractivity contribution in [1.29, 1.82) is 0 Å². The molecule has 120 valence electrons. The monoisotopic (exact) mass is 316 g/mol. The topological polar surface area (TPSA) is 26.3 Å². The van der Waals surface area contributed by atoms with E-state index in [0.29, 0.717) is 13.0 Å². The number of carbonyl (C=O) groups excluding carboxylic acids is 1. The van der Waals surface area contributed by atoms with Gasteiger partial charge in [0.15, 0.2) is 0 Å². The van der Waals surface area contributed by atoms with Crippen LogP contribution in [0.2, 0.25) is 0 Å². The predicted molar refractivity (Wildman–Crippen MR) is 97.0 cm³/mol. The summed E-state index contributed by atoms with van der Waals surface area (Å²) in [6.45, 7) is 2.17. The molecule has 0 heterocycles. The Balaban J connectivity index is 1.71. The van der Waals surface area contributed by atoms with E-state index in [2.05, 4.69) is 30.3 Å². The van der Waals surface area contributed by atoms with Crippen molar-refractivity contribution in [3.05, 3.63) is 90.0 Å². The highest BCUT2D eigenvalue weighted by Crippen LogP contribution is 2.25. The Morgan fingerprint density at radius 2 is 1.54 bits per heavy atom. The summed E-state index contributed by atoms with van der Waals surface area (Å²) in [6.07, 6.45) is 0.487. The molecule has 2 heteroatoms. The summed E-state index contributed by atoms with van der Waals surface area (Å²) in [6, 6.07) is 26.3. The van der Waals surface area contributed by atoms with E-state index >= 15 is 0 Å². The summed E-state index contributed by atoms with van der Waals surface area (Å²) in [5.41, 5.74) is 4.42. The third-order valence-electron chi connectivity index (χ3n) is 3.82. The molecular weight excluding hydrogens is 296 g/mol. The van der Waals surface area contributed by atoms with E-state index in [4.69, 9.17) is 4.74 Å². The molecule has 0 N–H and O–H groups in total. The van der Waals surface area contributed by atoms with Gasteiger partial charge in [-0.3, -0.25) is 4.79 Å². The van der Waals surface area contributed by atoms with Crippen LogP contribution >= 0.6 is 0 Å². The Morgan fingerprint density at radius 1 is 0.792 bits per heavy atom. The molecule has 0 unspecified atom stereocenters. The highest BCUT2D eigenvalue weighted by molar-refractivity contribution is 5.78. The fraction of sp³-hybridized carbons (Fsp3) is 0.136. The molecule has 0 bridgehead atoms. The zero-order chi connectivity index (χ0) is 16.8. The van der Waals surface area contributed by atoms with Gasteiger partial charge in [-0.1, -0.05) is 66.7 Å². The van der Waals surface area contributed by atoms with Crippen LogP contribution in [0.15, 0.2) is 78.9 Å². The predicted octanol–water partition coefficient (Wildman–Crippen LogP) is 5.06. The number of ketones is 1. The molecule has 0 fully saturated rings. The Bertz CT molecular complexity index is 805. The van der Waals surface area contributed by atoms with Crippen LogP contribution in [-0.4, -0.2) is 5.78 Å². The lowest BCUT2D eigenvalue weighted by Crippen LogP contribution is -1.96. The van der Waals surface area contributed by atoms with E-state index in [-0.39, 0.29) is 5.78 Å². The number of hydrogen-bond donors (Lipinski definition) is 0. The molecule has 0 atom stereocenters. The second-order valence-corrected chi connectivity index (χ2v) is 5.88. The van der Waals surface area contributed by atoms with E-state index in [9.17, 15) is 4.79 Å². The second kappa shape index (κ2) is 7.60. The van der Waals surface area contributed by atoms with E-state index < -0.39 is 0 Å². The van der Waals surface area contributed by atoms with E-state index in [1.165, 1.54) is 0 Å². The molecule has 0 saturated heterocycles. The van der Waals surface area contributed by atoms with Crippen LogP contribution < -0.4 is 4.74 Å². The molecular formula is C22H20O2. The molecule has 0 aliphatic carbocycles. The number of rotatable bonds is 6. The number of benzene rings is 3. The van der Waals surface area contributed by atoms with Gasteiger partial charge in [-0.2, -0.15) is 0 Å². The van der Waals surface area contributed by atoms with Crippen LogP contribution in [0.25, 0.3) is 11.1 Å². The van der Waals surface area contributed by atoms with Gasteiger partial charge in [-0.05, 0) is 41.3 Å². The highest BCUT2D eigenvalue weighted by atomic mass is 16.5. The number of Topliss-reactive ketones (excluding diaryl/α,β-unsaturated/α-hetero) is 1. The first kappa shape index (κ1) is 16.0. The molecule has 0 amide bonds. The maximum atomic E-state index is 11.2. The zero-order valence-electron chi connectivity index (χ0n) is 13.7. The van der Waals surface area contributed by atoms with Crippen molar-refractivity contribution in [2.75, 3.05) is 0 Å². The average Bonchev–Trinajstić information content (AvgIpc) is 2.61. The summed E-state index contributed by atoms with van der Waals surface area (Å²) < 4.78 is 5.89. The largest absolute Gasteiger partial charge is 0.489 e. The molecule has 0 radical (unpaired) electrons. The van der Waals surface area contributed by atoms with Gasteiger partial charge in [0.2, 0.25) is 0 Å². The van der Waals surface area contributed by atoms with E-state index in [1.54, 1.807) is 6.92 Å². The standard InChI is InChI=1S/C22H20O2/c1-17(23)14-18-10-12-20(13-11-18)21-8-5-9-22(15-21)24-16-19-6-3-2-4-7-19/h2-13,15H,14,16H2,1H3. The molecule has 3 aromatic carbocycles. The number of ether oxygens (including phenoxy) is 1. The van der Waals surface area contributed by atoms with Gasteiger partial charge < -0.3 is 4.74 Å². The van der Waals surface area contributed by atoms with Crippen LogP contribution in [0.3, 0.4) is 0 Å². The Morgan fingerprint density at radius 3 is 2.25 bits per heavy atom. The van der Waals surface area contributed by atoms with Gasteiger partial charge in [0.1, 0.15) is 18.1 Å². The van der Waals surface area contributed by atoms with Gasteiger partial charge >= 0.3 is 0 Å². The van der Waals surface area contributed by atoms with Gasteiger partial charge in [-0.25, -0.2) is 0 Å². The molecule has 0 aliphatic rings. The summed E-state index contributed by atoms with van der Waals surface area (Å²) >= 11 is 0. The number of hydrogen-bond acceptors (Lipinski definition) is 2. The zero-order valence-corrected chi connectivity index (χ0v) is 13.7. The van der Waals surface area contributed by atoms with Gasteiger partial charge in [-0.15, -0.1) is 0 Å². The third kappa shape index (κ3) is 4.32. The fourth-order valence-corrected chi connectivity index (χ4v) is 2.61. The lowest BCUT2D eigenvalue weighted by Gasteiger charge is -2.09. The maximum Gasteiger partial charge on any atom is 0.134 e. The van der Waals surface area contributed by atoms with Crippen LogP contribution in [-0.2, 0) is 17.8 Å². The van der Waals surface area contributed by atoms with E-state index in [1.807, 2.05) is 48.5 Å². The van der Waals surface area contributed by atoms with Crippen molar-refractivity contribution >= 4 is 5.78 Å². The average molecular weight is 316 g/mol. The Labute approximate surface area is 142 Å². The minimum absolute atomic E-state index is 0.180. The first-order chi connectivity index (χ1) is 11.7. The van der Waals surface area contributed by atoms with Crippen molar-refractivity contribution < 1.29 is 9.53 Å². The number of carbonyl (C=O) groups is 1. The molecule has 0 aliphatic heterocycles. The second-order valence-electron chi connectivity index (χ2n) is 5.88. The SMILES string of the molecule is CC(=O)Cc1ccc(-c2cccc(OCc3ccccc3)c2)cc1. The van der Waals surface area contributed by atoms with Crippen molar-refractivity contribution in [3.63, 3.8) is 0 Å². The van der Waals surface area contributed by atoms with Crippen molar-refractivity contribution in [1.82, 2.24) is 0 Å². The Kier molecular flexibility index (Phi) is 5.07. The van der Waals surface area contributed by atoms with Crippen LogP contribution in [0.5, 0.6) is 5.75 Å². The minimum Gasteiger partial charge on any atom is -0.489 e. The lowest BCUT2D eigenvalue weighted by molar-refractivity contribution is -0.116. The van der Waals surface area contributed by atoms with Crippen LogP contribution in [0, 0.1) is 0 Å². The van der Waals surface area contributed by atoms with Crippen LogP contribution in [0.1, 0.15) is 18.1 Å². The smallest absolute Gasteiger partial charge is 0.134 e. The molecule has 3 aromatic rings. The minimum atomic E-state index is 0.180. The molecule has 0 spiro atoms.